The van der Waals surface area contributed by atoms with Crippen molar-refractivity contribution in [1.29, 1.82) is 0 Å². The summed E-state index contributed by atoms with van der Waals surface area (Å²) in [6, 6.07) is 11.0. The fraction of sp³-hybridized carbons (Fsp3) is 0.263. The Labute approximate surface area is 140 Å². The summed E-state index contributed by atoms with van der Waals surface area (Å²) in [5, 5.41) is 0. The number of nitrogens with zero attached hydrogens (tertiary/aromatic N) is 2. The minimum absolute atomic E-state index is 0.272. The molecule has 1 aromatic heterocycles. The third-order valence-electron chi connectivity index (χ3n) is 4.10. The van der Waals surface area contributed by atoms with Crippen molar-refractivity contribution in [2.75, 3.05) is 13.1 Å². The van der Waals surface area contributed by atoms with Crippen LogP contribution in [0.3, 0.4) is 0 Å². The molecule has 2 heterocycles. The summed E-state index contributed by atoms with van der Waals surface area (Å²) in [5.41, 5.74) is 3.85. The molecular weight excluding hydrogens is 307 g/mol. The minimum atomic E-state index is -0.473. The number of hydrogen-bond acceptors (Lipinski definition) is 3. The first-order chi connectivity index (χ1) is 11.6. The number of halogens is 1. The van der Waals surface area contributed by atoms with Gasteiger partial charge in [-0.05, 0) is 41.7 Å². The quantitative estimate of drug-likeness (QED) is 0.802. The molecule has 0 atom stereocenters. The lowest BCUT2D eigenvalue weighted by atomic mass is 9.97. The van der Waals surface area contributed by atoms with E-state index < -0.39 is 5.95 Å². The number of carbonyl (C=O) groups excluding carboxylic acids is 1. The number of aromatic nitrogens is 1. The van der Waals surface area contributed by atoms with Crippen molar-refractivity contribution in [2.24, 2.45) is 0 Å². The summed E-state index contributed by atoms with van der Waals surface area (Å²) >= 11 is 0. The van der Waals surface area contributed by atoms with Crippen molar-refractivity contribution in [3.8, 4) is 0 Å². The van der Waals surface area contributed by atoms with Gasteiger partial charge >= 0.3 is 6.09 Å². The Morgan fingerprint density at radius 1 is 1.33 bits per heavy atom. The first kappa shape index (κ1) is 16.2. The summed E-state index contributed by atoms with van der Waals surface area (Å²) in [5.74, 6) is -0.473. The maximum atomic E-state index is 13.1. The van der Waals surface area contributed by atoms with Crippen LogP contribution in [0.15, 0.2) is 48.7 Å². The molecule has 0 fully saturated rings. The highest BCUT2D eigenvalue weighted by Gasteiger charge is 2.20. The van der Waals surface area contributed by atoms with Crippen molar-refractivity contribution in [2.45, 2.75) is 20.0 Å². The van der Waals surface area contributed by atoms with E-state index in [9.17, 15) is 9.18 Å². The maximum absolute atomic E-state index is 13.1. The molecule has 1 aromatic carbocycles. The number of carbonyl (C=O) groups is 1. The molecule has 0 unspecified atom stereocenters. The monoisotopic (exact) mass is 326 g/mol. The second-order valence-electron chi connectivity index (χ2n) is 5.79. The van der Waals surface area contributed by atoms with Crippen molar-refractivity contribution in [3.05, 3.63) is 71.3 Å². The number of aryl methyl sites for hydroxylation is 1. The van der Waals surface area contributed by atoms with E-state index in [0.717, 1.165) is 22.3 Å². The van der Waals surface area contributed by atoms with Gasteiger partial charge in [0.1, 0.15) is 6.61 Å². The molecule has 2 aromatic rings. The smallest absolute Gasteiger partial charge is 0.410 e. The maximum Gasteiger partial charge on any atom is 0.410 e. The number of rotatable bonds is 3. The molecule has 5 heteroatoms. The molecule has 4 nitrogen and oxygen atoms in total. The standard InChI is InChI=1S/C19H19FN2O2/c1-14-11-18(20)21-12-17(14)16-7-9-22(10-8-16)19(23)24-13-15-5-3-2-4-6-15/h2-7,11-12H,8-10,13H2,1H3. The Hall–Kier alpha value is -2.69. The van der Waals surface area contributed by atoms with Crippen LogP contribution in [0, 0.1) is 12.9 Å². The van der Waals surface area contributed by atoms with Crippen molar-refractivity contribution in [3.63, 3.8) is 0 Å². The molecule has 0 N–H and O–H groups in total. The van der Waals surface area contributed by atoms with E-state index in [1.165, 1.54) is 6.07 Å². The summed E-state index contributed by atoms with van der Waals surface area (Å²) in [7, 11) is 0. The van der Waals surface area contributed by atoms with Crippen molar-refractivity contribution >= 4 is 11.7 Å². The fourth-order valence-electron chi connectivity index (χ4n) is 2.75. The zero-order valence-electron chi connectivity index (χ0n) is 13.5. The fourth-order valence-corrected chi connectivity index (χ4v) is 2.75. The first-order valence-corrected chi connectivity index (χ1v) is 7.90. The van der Waals surface area contributed by atoms with Gasteiger partial charge in [-0.3, -0.25) is 0 Å². The normalized spacial score (nSPS) is 14.2. The molecule has 1 aliphatic heterocycles. The van der Waals surface area contributed by atoms with Gasteiger partial charge in [-0.1, -0.05) is 36.4 Å². The second-order valence-corrected chi connectivity index (χ2v) is 5.79. The van der Waals surface area contributed by atoms with E-state index in [-0.39, 0.29) is 12.7 Å². The van der Waals surface area contributed by atoms with Crippen molar-refractivity contribution in [1.82, 2.24) is 9.88 Å². The van der Waals surface area contributed by atoms with Crippen LogP contribution >= 0.6 is 0 Å². The molecule has 0 saturated heterocycles. The topological polar surface area (TPSA) is 42.4 Å². The Morgan fingerprint density at radius 2 is 2.12 bits per heavy atom. The second kappa shape index (κ2) is 7.25. The highest BCUT2D eigenvalue weighted by atomic mass is 19.1. The van der Waals surface area contributed by atoms with E-state index in [4.69, 9.17) is 4.74 Å². The summed E-state index contributed by atoms with van der Waals surface area (Å²) in [4.78, 5) is 17.5. The van der Waals surface area contributed by atoms with E-state index >= 15 is 0 Å². The molecule has 1 aliphatic rings. The Balaban J connectivity index is 1.59. The summed E-state index contributed by atoms with van der Waals surface area (Å²) in [6.45, 7) is 3.20. The predicted octanol–water partition coefficient (Wildman–Crippen LogP) is 3.96. The molecule has 0 bridgehead atoms. The lowest BCUT2D eigenvalue weighted by Gasteiger charge is -2.26. The number of pyridine rings is 1. The average molecular weight is 326 g/mol. The third kappa shape index (κ3) is 3.79. The van der Waals surface area contributed by atoms with E-state index in [1.54, 1.807) is 11.1 Å². The zero-order chi connectivity index (χ0) is 16.9. The number of hydrogen-bond donors (Lipinski definition) is 0. The third-order valence-corrected chi connectivity index (χ3v) is 4.10. The van der Waals surface area contributed by atoms with Crippen LogP contribution in [0.1, 0.15) is 23.1 Å². The molecule has 0 spiro atoms. The molecule has 24 heavy (non-hydrogen) atoms. The molecule has 124 valence electrons. The molecule has 1 amide bonds. The van der Waals surface area contributed by atoms with Gasteiger partial charge in [0.2, 0.25) is 5.95 Å². The lowest BCUT2D eigenvalue weighted by molar-refractivity contribution is 0.0998. The van der Waals surface area contributed by atoms with Gasteiger partial charge in [0.15, 0.2) is 0 Å². The van der Waals surface area contributed by atoms with Crippen LogP contribution in [-0.2, 0) is 11.3 Å². The van der Waals surface area contributed by atoms with Crippen LogP contribution in [0.25, 0.3) is 5.57 Å². The Bertz CT molecular complexity index is 759. The molecule has 0 radical (unpaired) electrons. The number of ether oxygens (including phenoxy) is 1. The van der Waals surface area contributed by atoms with E-state index in [1.807, 2.05) is 43.3 Å². The molecular formula is C19H19FN2O2. The van der Waals surface area contributed by atoms with Gasteiger partial charge in [0, 0.05) is 19.3 Å². The predicted molar refractivity (Wildman–Crippen MR) is 89.7 cm³/mol. The Kier molecular flexibility index (Phi) is 4.89. The minimum Gasteiger partial charge on any atom is -0.445 e. The number of amides is 1. The SMILES string of the molecule is Cc1cc(F)ncc1C1=CCN(C(=O)OCc2ccccc2)CC1. The van der Waals surface area contributed by atoms with Crippen molar-refractivity contribution < 1.29 is 13.9 Å². The highest BCUT2D eigenvalue weighted by Crippen LogP contribution is 2.25. The molecule has 0 aliphatic carbocycles. The number of benzene rings is 1. The summed E-state index contributed by atoms with van der Waals surface area (Å²) < 4.78 is 18.5. The Morgan fingerprint density at radius 3 is 2.79 bits per heavy atom. The highest BCUT2D eigenvalue weighted by molar-refractivity contribution is 5.73. The lowest BCUT2D eigenvalue weighted by Crippen LogP contribution is -2.35. The van der Waals surface area contributed by atoms with Gasteiger partial charge in [-0.15, -0.1) is 0 Å². The molecule has 3 rings (SSSR count). The van der Waals surface area contributed by atoms with Gasteiger partial charge in [0.05, 0.1) is 0 Å². The van der Waals surface area contributed by atoms with Gasteiger partial charge in [-0.2, -0.15) is 4.39 Å². The van der Waals surface area contributed by atoms with Crippen LogP contribution in [-0.4, -0.2) is 29.1 Å². The zero-order valence-corrected chi connectivity index (χ0v) is 13.5. The van der Waals surface area contributed by atoms with Gasteiger partial charge in [0.25, 0.3) is 0 Å². The average Bonchev–Trinajstić information content (AvgIpc) is 2.61. The van der Waals surface area contributed by atoms with E-state index in [2.05, 4.69) is 4.98 Å². The largest absolute Gasteiger partial charge is 0.445 e. The van der Waals surface area contributed by atoms with Crippen LogP contribution in [0.4, 0.5) is 9.18 Å². The summed E-state index contributed by atoms with van der Waals surface area (Å²) in [6.07, 6.45) is 3.92. The first-order valence-electron chi connectivity index (χ1n) is 7.90. The van der Waals surface area contributed by atoms with Gasteiger partial charge in [-0.25, -0.2) is 9.78 Å². The van der Waals surface area contributed by atoms with Crippen LogP contribution in [0.2, 0.25) is 0 Å². The molecule has 0 saturated carbocycles. The van der Waals surface area contributed by atoms with Crippen LogP contribution < -0.4 is 0 Å². The van der Waals surface area contributed by atoms with Crippen LogP contribution in [0.5, 0.6) is 0 Å². The van der Waals surface area contributed by atoms with E-state index in [0.29, 0.717) is 19.5 Å². The van der Waals surface area contributed by atoms with Gasteiger partial charge < -0.3 is 9.64 Å².